The largest absolute Gasteiger partial charge is 0.311 e. The maximum absolute atomic E-state index is 12.1. The molecule has 0 saturated heterocycles. The summed E-state index contributed by atoms with van der Waals surface area (Å²) in [6, 6.07) is 56.5. The van der Waals surface area contributed by atoms with E-state index in [0.29, 0.717) is 0 Å². The highest BCUT2D eigenvalue weighted by Crippen LogP contribution is 2.43. The second-order valence-electron chi connectivity index (χ2n) is 10.9. The molecule has 1 aliphatic heterocycles. The zero-order valence-corrected chi connectivity index (χ0v) is 26.4. The van der Waals surface area contributed by atoms with Crippen molar-refractivity contribution in [3.8, 4) is 20.2 Å². The van der Waals surface area contributed by atoms with Crippen molar-refractivity contribution in [2.24, 2.45) is 0 Å². The lowest BCUT2D eigenvalue weighted by Crippen LogP contribution is -2.72. The first-order chi connectivity index (χ1) is 21.8. The second kappa shape index (κ2) is 11.0. The Morgan fingerprint density at radius 3 is 1.48 bits per heavy atom. The lowest BCUT2D eigenvalue weighted by molar-refractivity contribution is 0.112. The van der Waals surface area contributed by atoms with E-state index in [9.17, 15) is 4.79 Å². The highest BCUT2D eigenvalue weighted by Gasteiger charge is 2.51. The predicted molar refractivity (Wildman–Crippen MR) is 190 cm³/mol. The third-order valence-corrected chi connectivity index (χ3v) is 16.0. The predicted octanol–water partition coefficient (Wildman–Crippen LogP) is 8.12. The highest BCUT2D eigenvalue weighted by atomic mass is 32.1. The SMILES string of the molecule is O=Cc1cc2c(s1)-c1sc(-c3ccc(N(c4ccccc4)c4ccccc4)cc3)cc1[Si]2(c1ccccc1)c1ccccc1. The van der Waals surface area contributed by atoms with Crippen LogP contribution in [0.15, 0.2) is 158 Å². The summed E-state index contributed by atoms with van der Waals surface area (Å²) in [4.78, 5) is 19.0. The molecule has 44 heavy (non-hydrogen) atoms. The number of fused-ring (bicyclic) bond motifs is 3. The van der Waals surface area contributed by atoms with Gasteiger partial charge in [0.25, 0.3) is 0 Å². The van der Waals surface area contributed by atoms with Crippen molar-refractivity contribution in [1.82, 2.24) is 0 Å². The zero-order valence-electron chi connectivity index (χ0n) is 23.8. The lowest BCUT2D eigenvalue weighted by atomic mass is 10.1. The number of hydrogen-bond acceptors (Lipinski definition) is 4. The number of rotatable bonds is 7. The Kier molecular flexibility index (Phi) is 6.72. The minimum atomic E-state index is -2.60. The first-order valence-electron chi connectivity index (χ1n) is 14.6. The van der Waals surface area contributed by atoms with Crippen molar-refractivity contribution in [3.63, 3.8) is 0 Å². The summed E-state index contributed by atoms with van der Waals surface area (Å²) in [5, 5.41) is 5.46. The number of nitrogens with zero attached hydrogens (tertiary/aromatic N) is 1. The van der Waals surface area contributed by atoms with E-state index in [1.807, 2.05) is 11.3 Å². The Hall–Kier alpha value is -4.81. The van der Waals surface area contributed by atoms with Crippen LogP contribution in [0.5, 0.6) is 0 Å². The summed E-state index contributed by atoms with van der Waals surface area (Å²) >= 11 is 3.49. The van der Waals surface area contributed by atoms with E-state index in [4.69, 9.17) is 0 Å². The standard InChI is InChI=1S/C39H27NOS2Si/c41-27-32-25-36-38(42-32)39-37(44(36,33-17-9-3-10-18-33)34-19-11-4-12-20-34)26-35(43-39)28-21-23-31(24-22-28)40(29-13-5-1-6-14-29)30-15-7-2-8-16-30/h1-27H. The van der Waals surface area contributed by atoms with Crippen LogP contribution in [0.25, 0.3) is 20.2 Å². The molecule has 3 heterocycles. The third kappa shape index (κ3) is 4.24. The molecule has 0 fully saturated rings. The smallest absolute Gasteiger partial charge is 0.182 e. The average molecular weight is 618 g/mol. The van der Waals surface area contributed by atoms with Gasteiger partial charge < -0.3 is 4.90 Å². The third-order valence-electron chi connectivity index (χ3n) is 8.47. The van der Waals surface area contributed by atoms with Crippen LogP contribution in [0.2, 0.25) is 0 Å². The normalized spacial score (nSPS) is 12.8. The molecule has 1 aliphatic rings. The van der Waals surface area contributed by atoms with Gasteiger partial charge in [0, 0.05) is 31.7 Å². The summed E-state index contributed by atoms with van der Waals surface area (Å²) in [6.07, 6.45) is 1.01. The minimum Gasteiger partial charge on any atom is -0.311 e. The van der Waals surface area contributed by atoms with E-state index in [0.717, 1.165) is 28.2 Å². The molecule has 2 aromatic heterocycles. The van der Waals surface area contributed by atoms with Crippen molar-refractivity contribution in [1.29, 1.82) is 0 Å². The molecule has 2 nitrogen and oxygen atoms in total. The van der Waals surface area contributed by atoms with Crippen LogP contribution < -0.4 is 25.6 Å². The number of hydrogen-bond donors (Lipinski definition) is 0. The van der Waals surface area contributed by atoms with Crippen LogP contribution in [0, 0.1) is 0 Å². The Balaban J connectivity index is 1.28. The molecule has 8 rings (SSSR count). The molecule has 0 bridgehead atoms. The van der Waals surface area contributed by atoms with Crippen LogP contribution in [0.4, 0.5) is 17.1 Å². The Bertz CT molecular complexity index is 1990. The van der Waals surface area contributed by atoms with Gasteiger partial charge >= 0.3 is 0 Å². The molecular weight excluding hydrogens is 591 g/mol. The van der Waals surface area contributed by atoms with Crippen molar-refractivity contribution >= 4 is 74.8 Å². The average Bonchev–Trinajstić information content (AvgIpc) is 3.78. The summed E-state index contributed by atoms with van der Waals surface area (Å²) in [7, 11) is -2.60. The molecule has 5 heteroatoms. The number of anilines is 3. The van der Waals surface area contributed by atoms with E-state index in [2.05, 4.69) is 163 Å². The molecule has 0 spiro atoms. The highest BCUT2D eigenvalue weighted by molar-refractivity contribution is 7.35. The van der Waals surface area contributed by atoms with Crippen LogP contribution in [0.3, 0.4) is 0 Å². The van der Waals surface area contributed by atoms with Crippen molar-refractivity contribution < 1.29 is 4.79 Å². The van der Waals surface area contributed by atoms with Crippen molar-refractivity contribution in [2.45, 2.75) is 0 Å². The molecule has 0 atom stereocenters. The lowest BCUT2D eigenvalue weighted by Gasteiger charge is -2.30. The first kappa shape index (κ1) is 26.8. The van der Waals surface area contributed by atoms with Crippen LogP contribution in [-0.4, -0.2) is 14.4 Å². The second-order valence-corrected chi connectivity index (χ2v) is 16.8. The van der Waals surface area contributed by atoms with Gasteiger partial charge in [-0.3, -0.25) is 4.79 Å². The number of thiophene rings is 2. The fraction of sp³-hybridized carbons (Fsp3) is 0. The van der Waals surface area contributed by atoms with Gasteiger partial charge in [-0.15, -0.1) is 22.7 Å². The Labute approximate surface area is 266 Å². The van der Waals surface area contributed by atoms with Crippen molar-refractivity contribution in [3.05, 3.63) is 163 Å². The van der Waals surface area contributed by atoms with Gasteiger partial charge in [0.1, 0.15) is 0 Å². The van der Waals surface area contributed by atoms with E-state index in [-0.39, 0.29) is 0 Å². The number of aldehydes is 1. The number of para-hydroxylation sites is 2. The Morgan fingerprint density at radius 1 is 0.500 bits per heavy atom. The molecule has 7 aromatic rings. The molecule has 210 valence electrons. The summed E-state index contributed by atoms with van der Waals surface area (Å²) < 4.78 is 0. The molecule has 5 aromatic carbocycles. The molecule has 0 unspecified atom stereocenters. The summed E-state index contributed by atoms with van der Waals surface area (Å²) in [6.45, 7) is 0. The molecule has 0 aliphatic carbocycles. The van der Waals surface area contributed by atoms with E-state index < -0.39 is 8.07 Å². The molecule has 0 N–H and O–H groups in total. The molecule has 0 amide bonds. The number of benzene rings is 5. The van der Waals surface area contributed by atoms with E-state index >= 15 is 0 Å². The van der Waals surface area contributed by atoms with Gasteiger partial charge in [0.05, 0.1) is 4.88 Å². The zero-order chi connectivity index (χ0) is 29.5. The van der Waals surface area contributed by atoms with Gasteiger partial charge in [-0.1, -0.05) is 109 Å². The van der Waals surface area contributed by atoms with E-state index in [1.54, 1.807) is 11.3 Å². The van der Waals surface area contributed by atoms with Gasteiger partial charge in [0.2, 0.25) is 0 Å². The first-order valence-corrected chi connectivity index (χ1v) is 18.3. The topological polar surface area (TPSA) is 20.3 Å². The maximum atomic E-state index is 12.1. The minimum absolute atomic E-state index is 0.797. The number of carbonyl (C=O) groups is 1. The van der Waals surface area contributed by atoms with Crippen LogP contribution in [-0.2, 0) is 0 Å². The monoisotopic (exact) mass is 617 g/mol. The van der Waals surface area contributed by atoms with Gasteiger partial charge in [-0.2, -0.15) is 0 Å². The Morgan fingerprint density at radius 2 is 0.955 bits per heavy atom. The van der Waals surface area contributed by atoms with Gasteiger partial charge in [-0.25, -0.2) is 0 Å². The quantitative estimate of drug-likeness (QED) is 0.133. The molecule has 0 radical (unpaired) electrons. The van der Waals surface area contributed by atoms with Gasteiger partial charge in [-0.05, 0) is 74.8 Å². The summed E-state index contributed by atoms with van der Waals surface area (Å²) in [5.41, 5.74) is 4.56. The maximum Gasteiger partial charge on any atom is 0.182 e. The molecule has 0 saturated carbocycles. The number of carbonyl (C=O) groups excluding carboxylic acids is 1. The fourth-order valence-corrected chi connectivity index (χ4v) is 15.2. The fourth-order valence-electron chi connectivity index (χ4n) is 6.58. The van der Waals surface area contributed by atoms with E-state index in [1.165, 1.54) is 40.9 Å². The van der Waals surface area contributed by atoms with Crippen molar-refractivity contribution in [2.75, 3.05) is 4.90 Å². The van der Waals surface area contributed by atoms with Gasteiger partial charge in [0.15, 0.2) is 14.4 Å². The van der Waals surface area contributed by atoms with Crippen LogP contribution >= 0.6 is 22.7 Å². The summed E-state index contributed by atoms with van der Waals surface area (Å²) in [5.74, 6) is 0. The van der Waals surface area contributed by atoms with Crippen LogP contribution in [0.1, 0.15) is 9.67 Å². The molecular formula is C39H27NOS2Si.